The molecule has 1 fully saturated rings. The summed E-state index contributed by atoms with van der Waals surface area (Å²) in [6, 6.07) is 3.89. The zero-order valence-corrected chi connectivity index (χ0v) is 14.0. The molecule has 1 aliphatic rings. The molecule has 0 bridgehead atoms. The largest absolute Gasteiger partial charge is 0.467 e. The molecular formula is C16H20N6O3. The van der Waals surface area contributed by atoms with E-state index in [2.05, 4.69) is 25.3 Å². The van der Waals surface area contributed by atoms with Gasteiger partial charge in [0.05, 0.1) is 33.3 Å². The van der Waals surface area contributed by atoms with Crippen LogP contribution >= 0.6 is 0 Å². The van der Waals surface area contributed by atoms with E-state index in [1.165, 1.54) is 7.11 Å². The Morgan fingerprint density at radius 1 is 1.32 bits per heavy atom. The highest BCUT2D eigenvalue weighted by Crippen LogP contribution is 2.13. The molecule has 0 spiro atoms. The maximum absolute atomic E-state index is 12.1. The van der Waals surface area contributed by atoms with E-state index < -0.39 is 0 Å². The number of anilines is 1. The van der Waals surface area contributed by atoms with Crippen molar-refractivity contribution in [2.24, 2.45) is 0 Å². The van der Waals surface area contributed by atoms with Gasteiger partial charge in [-0.3, -0.25) is 9.78 Å². The smallest absolute Gasteiger partial charge is 0.321 e. The molecule has 2 aromatic heterocycles. The highest BCUT2D eigenvalue weighted by molar-refractivity contribution is 5.78. The Labute approximate surface area is 145 Å². The van der Waals surface area contributed by atoms with Crippen LogP contribution in [-0.4, -0.2) is 59.3 Å². The molecule has 0 aliphatic carbocycles. The Kier molecular flexibility index (Phi) is 5.68. The summed E-state index contributed by atoms with van der Waals surface area (Å²) in [4.78, 5) is 31.0. The van der Waals surface area contributed by atoms with Crippen LogP contribution in [0.4, 0.5) is 5.95 Å². The number of carbonyl (C=O) groups excluding carboxylic acids is 1. The van der Waals surface area contributed by atoms with Gasteiger partial charge in [-0.2, -0.15) is 15.0 Å². The van der Waals surface area contributed by atoms with E-state index >= 15 is 0 Å². The molecule has 132 valence electrons. The zero-order chi connectivity index (χ0) is 17.5. The van der Waals surface area contributed by atoms with Gasteiger partial charge in [0.1, 0.15) is 0 Å². The van der Waals surface area contributed by atoms with Crippen LogP contribution in [0.2, 0.25) is 0 Å². The van der Waals surface area contributed by atoms with Crippen LogP contribution in [0, 0.1) is 0 Å². The maximum Gasteiger partial charge on any atom is 0.321 e. The molecule has 0 atom stereocenters. The number of pyridine rings is 1. The quantitative estimate of drug-likeness (QED) is 0.779. The number of amides is 1. The molecular weight excluding hydrogens is 324 g/mol. The highest BCUT2D eigenvalue weighted by Gasteiger charge is 2.17. The second kappa shape index (κ2) is 8.34. The molecule has 1 amide bonds. The molecule has 1 saturated heterocycles. The van der Waals surface area contributed by atoms with Gasteiger partial charge in [-0.15, -0.1) is 0 Å². The molecule has 9 heteroatoms. The molecule has 1 aliphatic heterocycles. The number of nitrogens with one attached hydrogen (secondary N) is 1. The molecule has 0 radical (unpaired) electrons. The van der Waals surface area contributed by atoms with E-state index in [1.54, 1.807) is 18.5 Å². The molecule has 2 aromatic rings. The summed E-state index contributed by atoms with van der Waals surface area (Å²) >= 11 is 0. The molecule has 0 aromatic carbocycles. The van der Waals surface area contributed by atoms with Crippen molar-refractivity contribution in [1.29, 1.82) is 0 Å². The van der Waals surface area contributed by atoms with Crippen molar-refractivity contribution in [3.05, 3.63) is 35.9 Å². The molecule has 1 N–H and O–H groups in total. The normalized spacial score (nSPS) is 14.2. The van der Waals surface area contributed by atoms with Gasteiger partial charge in [0.2, 0.25) is 11.9 Å². The molecule has 0 saturated carbocycles. The lowest BCUT2D eigenvalue weighted by Crippen LogP contribution is -2.37. The zero-order valence-electron chi connectivity index (χ0n) is 14.0. The number of methoxy groups -OCH3 is 1. The van der Waals surface area contributed by atoms with Gasteiger partial charge in [-0.25, -0.2) is 0 Å². The van der Waals surface area contributed by atoms with E-state index in [0.717, 1.165) is 5.56 Å². The van der Waals surface area contributed by atoms with Crippen molar-refractivity contribution in [3.63, 3.8) is 0 Å². The van der Waals surface area contributed by atoms with Gasteiger partial charge in [0, 0.05) is 25.5 Å². The van der Waals surface area contributed by atoms with Crippen LogP contribution in [0.15, 0.2) is 24.5 Å². The minimum absolute atomic E-state index is 0.125. The van der Waals surface area contributed by atoms with Crippen LogP contribution < -0.4 is 15.0 Å². The van der Waals surface area contributed by atoms with Crippen molar-refractivity contribution < 1.29 is 14.3 Å². The van der Waals surface area contributed by atoms with Crippen LogP contribution in [-0.2, 0) is 22.5 Å². The summed E-state index contributed by atoms with van der Waals surface area (Å²) < 4.78 is 10.5. The first kappa shape index (κ1) is 17.0. The summed E-state index contributed by atoms with van der Waals surface area (Å²) in [5, 5.41) is 2.81. The van der Waals surface area contributed by atoms with Crippen LogP contribution in [0.1, 0.15) is 11.4 Å². The molecule has 9 nitrogen and oxygen atoms in total. The van der Waals surface area contributed by atoms with Gasteiger partial charge in [-0.05, 0) is 11.6 Å². The van der Waals surface area contributed by atoms with Crippen molar-refractivity contribution >= 4 is 11.9 Å². The summed E-state index contributed by atoms with van der Waals surface area (Å²) in [5.41, 5.74) is 0.849. The number of hydrogen-bond donors (Lipinski definition) is 1. The fourth-order valence-electron chi connectivity index (χ4n) is 2.39. The van der Waals surface area contributed by atoms with E-state index in [1.807, 2.05) is 11.0 Å². The first-order valence-corrected chi connectivity index (χ1v) is 8.02. The molecule has 25 heavy (non-hydrogen) atoms. The lowest BCUT2D eigenvalue weighted by atomic mass is 10.2. The number of aromatic nitrogens is 4. The topological polar surface area (TPSA) is 102 Å². The van der Waals surface area contributed by atoms with Crippen LogP contribution in [0.3, 0.4) is 0 Å². The Balaban J connectivity index is 1.63. The lowest BCUT2D eigenvalue weighted by molar-refractivity contribution is -0.120. The third-order valence-corrected chi connectivity index (χ3v) is 3.66. The standard InChI is InChI=1S/C16H20N6O3/c1-24-16-20-13(19-15(21-16)22-5-7-25-8-6-22)11-18-14(23)9-12-3-2-4-17-10-12/h2-4,10H,5-9,11H2,1H3,(H,18,23). The minimum atomic E-state index is -0.125. The summed E-state index contributed by atoms with van der Waals surface area (Å²) in [6.07, 6.45) is 3.60. The van der Waals surface area contributed by atoms with Gasteiger partial charge < -0.3 is 19.7 Å². The van der Waals surface area contributed by atoms with E-state index in [0.29, 0.717) is 38.1 Å². The minimum Gasteiger partial charge on any atom is -0.467 e. The average Bonchev–Trinajstić information content (AvgIpc) is 2.67. The maximum atomic E-state index is 12.1. The third kappa shape index (κ3) is 4.83. The number of ether oxygens (including phenoxy) is 2. The highest BCUT2D eigenvalue weighted by atomic mass is 16.5. The third-order valence-electron chi connectivity index (χ3n) is 3.66. The summed E-state index contributed by atoms with van der Waals surface area (Å²) in [7, 11) is 1.50. The Morgan fingerprint density at radius 2 is 2.16 bits per heavy atom. The number of rotatable bonds is 6. The van der Waals surface area contributed by atoms with Crippen LogP contribution in [0.25, 0.3) is 0 Å². The van der Waals surface area contributed by atoms with E-state index in [4.69, 9.17) is 9.47 Å². The monoisotopic (exact) mass is 344 g/mol. The second-order valence-electron chi connectivity index (χ2n) is 5.45. The van der Waals surface area contributed by atoms with Crippen molar-refractivity contribution in [2.45, 2.75) is 13.0 Å². The Morgan fingerprint density at radius 3 is 2.88 bits per heavy atom. The summed E-state index contributed by atoms with van der Waals surface area (Å²) in [6.45, 7) is 2.88. The number of hydrogen-bond acceptors (Lipinski definition) is 8. The van der Waals surface area contributed by atoms with Crippen LogP contribution in [0.5, 0.6) is 6.01 Å². The number of morpholine rings is 1. The number of carbonyl (C=O) groups is 1. The van der Waals surface area contributed by atoms with E-state index in [9.17, 15) is 4.79 Å². The van der Waals surface area contributed by atoms with Gasteiger partial charge in [0.25, 0.3) is 0 Å². The predicted octanol–water partition coefficient (Wildman–Crippen LogP) is -0.0293. The second-order valence-corrected chi connectivity index (χ2v) is 5.45. The molecule has 3 heterocycles. The Bertz CT molecular complexity index is 706. The first-order valence-electron chi connectivity index (χ1n) is 8.02. The van der Waals surface area contributed by atoms with Gasteiger partial charge >= 0.3 is 6.01 Å². The van der Waals surface area contributed by atoms with Crippen molar-refractivity contribution in [3.8, 4) is 6.01 Å². The average molecular weight is 344 g/mol. The lowest BCUT2D eigenvalue weighted by Gasteiger charge is -2.26. The van der Waals surface area contributed by atoms with Crippen molar-refractivity contribution in [1.82, 2.24) is 25.3 Å². The Hall–Kier alpha value is -2.81. The van der Waals surface area contributed by atoms with Gasteiger partial charge in [0.15, 0.2) is 5.82 Å². The predicted molar refractivity (Wildman–Crippen MR) is 89.2 cm³/mol. The fraction of sp³-hybridized carbons (Fsp3) is 0.438. The SMILES string of the molecule is COc1nc(CNC(=O)Cc2cccnc2)nc(N2CCOCC2)n1. The summed E-state index contributed by atoms with van der Waals surface area (Å²) in [5.74, 6) is 0.861. The number of nitrogens with zero attached hydrogens (tertiary/aromatic N) is 5. The van der Waals surface area contributed by atoms with E-state index in [-0.39, 0.29) is 24.9 Å². The van der Waals surface area contributed by atoms with Crippen molar-refractivity contribution in [2.75, 3.05) is 38.3 Å². The van der Waals surface area contributed by atoms with Gasteiger partial charge in [-0.1, -0.05) is 6.07 Å². The molecule has 3 rings (SSSR count). The molecule has 0 unspecified atom stereocenters. The first-order chi connectivity index (χ1) is 12.2. The fourth-order valence-corrected chi connectivity index (χ4v) is 2.39.